The highest BCUT2D eigenvalue weighted by Crippen LogP contribution is 2.18. The van der Waals surface area contributed by atoms with Gasteiger partial charge in [-0.25, -0.2) is 4.79 Å². The van der Waals surface area contributed by atoms with E-state index in [4.69, 9.17) is 4.74 Å². The van der Waals surface area contributed by atoms with Crippen LogP contribution in [0.4, 0.5) is 0 Å². The number of hydrogen-bond donors (Lipinski definition) is 0. The zero-order valence-corrected chi connectivity index (χ0v) is 12.4. The van der Waals surface area contributed by atoms with Gasteiger partial charge in [0.2, 0.25) is 5.91 Å². The first kappa shape index (κ1) is 15.0. The summed E-state index contributed by atoms with van der Waals surface area (Å²) in [5.41, 5.74) is 0.857. The van der Waals surface area contributed by atoms with E-state index < -0.39 is 5.97 Å². The molecule has 1 aliphatic heterocycles. The van der Waals surface area contributed by atoms with Crippen molar-refractivity contribution in [3.05, 3.63) is 65.7 Å². The molecular weight excluding hydrogens is 294 g/mol. The van der Waals surface area contributed by atoms with Crippen LogP contribution in [0.15, 0.2) is 54.6 Å². The standard InChI is InChI=1S/C18H15NO4/c20-16-7-4-12-19(16)17(21)13-8-10-15(11-9-13)23-18(22)14-5-2-1-3-6-14/h1-3,5-6,8-11H,4,7,12H2. The zero-order chi connectivity index (χ0) is 16.2. The Hall–Kier alpha value is -2.95. The SMILES string of the molecule is O=C(Oc1ccc(C(=O)N2CCCC2=O)cc1)c1ccccc1. The molecule has 2 amide bonds. The summed E-state index contributed by atoms with van der Waals surface area (Å²) >= 11 is 0. The van der Waals surface area contributed by atoms with E-state index in [1.807, 2.05) is 6.07 Å². The van der Waals surface area contributed by atoms with E-state index in [-0.39, 0.29) is 11.8 Å². The fourth-order valence-corrected chi connectivity index (χ4v) is 2.42. The van der Waals surface area contributed by atoms with Gasteiger partial charge >= 0.3 is 5.97 Å². The topological polar surface area (TPSA) is 63.7 Å². The molecule has 0 N–H and O–H groups in total. The van der Waals surface area contributed by atoms with Crippen LogP contribution in [0.5, 0.6) is 5.75 Å². The Balaban J connectivity index is 1.69. The van der Waals surface area contributed by atoms with Gasteiger partial charge in [0.25, 0.3) is 5.91 Å². The van der Waals surface area contributed by atoms with Crippen LogP contribution in [-0.4, -0.2) is 29.2 Å². The van der Waals surface area contributed by atoms with E-state index >= 15 is 0 Å². The van der Waals surface area contributed by atoms with Crippen LogP contribution in [0.1, 0.15) is 33.6 Å². The molecule has 116 valence electrons. The molecule has 0 saturated carbocycles. The Morgan fingerprint density at radius 2 is 1.61 bits per heavy atom. The highest BCUT2D eigenvalue weighted by Gasteiger charge is 2.27. The molecule has 0 spiro atoms. The number of carbonyl (C=O) groups excluding carboxylic acids is 3. The molecule has 1 fully saturated rings. The maximum atomic E-state index is 12.2. The average Bonchev–Trinajstić information content (AvgIpc) is 3.02. The first-order valence-electron chi connectivity index (χ1n) is 7.37. The van der Waals surface area contributed by atoms with Crippen molar-refractivity contribution >= 4 is 17.8 Å². The fourth-order valence-electron chi connectivity index (χ4n) is 2.42. The number of amides is 2. The van der Waals surface area contributed by atoms with Crippen LogP contribution in [0.25, 0.3) is 0 Å². The van der Waals surface area contributed by atoms with Crippen LogP contribution in [-0.2, 0) is 4.79 Å². The third-order valence-corrected chi connectivity index (χ3v) is 3.64. The first-order valence-corrected chi connectivity index (χ1v) is 7.37. The number of carbonyl (C=O) groups is 3. The number of benzene rings is 2. The molecule has 0 radical (unpaired) electrons. The van der Waals surface area contributed by atoms with Crippen molar-refractivity contribution in [2.45, 2.75) is 12.8 Å². The third kappa shape index (κ3) is 3.29. The normalized spacial score (nSPS) is 13.9. The van der Waals surface area contributed by atoms with Gasteiger partial charge in [-0.2, -0.15) is 0 Å². The molecule has 0 unspecified atom stereocenters. The van der Waals surface area contributed by atoms with Crippen molar-refractivity contribution in [1.29, 1.82) is 0 Å². The number of rotatable bonds is 3. The van der Waals surface area contributed by atoms with Gasteiger partial charge < -0.3 is 4.74 Å². The van der Waals surface area contributed by atoms with Crippen molar-refractivity contribution in [3.63, 3.8) is 0 Å². The second kappa shape index (κ2) is 6.44. The number of hydrogen-bond acceptors (Lipinski definition) is 4. The number of nitrogens with zero attached hydrogens (tertiary/aromatic N) is 1. The summed E-state index contributed by atoms with van der Waals surface area (Å²) in [6, 6.07) is 14.9. The van der Waals surface area contributed by atoms with Gasteiger partial charge in [0.05, 0.1) is 5.56 Å². The molecule has 1 aliphatic rings. The molecule has 5 heteroatoms. The first-order chi connectivity index (χ1) is 11.1. The summed E-state index contributed by atoms with van der Waals surface area (Å²) < 4.78 is 5.25. The molecule has 2 aromatic rings. The third-order valence-electron chi connectivity index (χ3n) is 3.64. The summed E-state index contributed by atoms with van der Waals surface area (Å²) in [7, 11) is 0. The highest BCUT2D eigenvalue weighted by atomic mass is 16.5. The Morgan fingerprint density at radius 1 is 0.913 bits per heavy atom. The molecule has 1 saturated heterocycles. The minimum Gasteiger partial charge on any atom is -0.423 e. The van der Waals surface area contributed by atoms with Gasteiger partial charge in [0.15, 0.2) is 0 Å². The van der Waals surface area contributed by atoms with Gasteiger partial charge in [-0.3, -0.25) is 14.5 Å². The molecule has 0 bridgehead atoms. The van der Waals surface area contributed by atoms with E-state index in [1.165, 1.54) is 4.90 Å². The Labute approximate surface area is 133 Å². The van der Waals surface area contributed by atoms with Crippen molar-refractivity contribution in [3.8, 4) is 5.75 Å². The quantitative estimate of drug-likeness (QED) is 0.497. The minimum atomic E-state index is -0.459. The van der Waals surface area contributed by atoms with Gasteiger partial charge in [0.1, 0.15) is 5.75 Å². The lowest BCUT2D eigenvalue weighted by molar-refractivity contribution is -0.125. The van der Waals surface area contributed by atoms with Crippen LogP contribution < -0.4 is 4.74 Å². The molecule has 2 aromatic carbocycles. The molecule has 0 aromatic heterocycles. The number of ether oxygens (including phenoxy) is 1. The largest absolute Gasteiger partial charge is 0.423 e. The maximum Gasteiger partial charge on any atom is 0.343 e. The Kier molecular flexibility index (Phi) is 4.19. The number of imide groups is 1. The van der Waals surface area contributed by atoms with Gasteiger partial charge in [0, 0.05) is 18.5 Å². The summed E-state index contributed by atoms with van der Waals surface area (Å²) in [6.07, 6.45) is 1.12. The van der Waals surface area contributed by atoms with Crippen LogP contribution in [0.2, 0.25) is 0 Å². The van der Waals surface area contributed by atoms with Crippen LogP contribution in [0, 0.1) is 0 Å². The molecule has 5 nitrogen and oxygen atoms in total. The molecular formula is C18H15NO4. The number of esters is 1. The minimum absolute atomic E-state index is 0.144. The van der Waals surface area contributed by atoms with Gasteiger partial charge in [-0.1, -0.05) is 18.2 Å². The number of likely N-dealkylation sites (tertiary alicyclic amines) is 1. The average molecular weight is 309 g/mol. The van der Waals surface area contributed by atoms with E-state index in [9.17, 15) is 14.4 Å². The molecule has 0 atom stereocenters. The lowest BCUT2D eigenvalue weighted by atomic mass is 10.2. The second-order valence-corrected chi connectivity index (χ2v) is 5.23. The monoisotopic (exact) mass is 309 g/mol. The summed E-state index contributed by atoms with van der Waals surface area (Å²) in [5.74, 6) is -0.564. The van der Waals surface area contributed by atoms with E-state index in [1.54, 1.807) is 48.5 Å². The van der Waals surface area contributed by atoms with Crippen LogP contribution in [0.3, 0.4) is 0 Å². The summed E-state index contributed by atoms with van der Waals surface area (Å²) in [6.45, 7) is 0.461. The highest BCUT2D eigenvalue weighted by molar-refractivity contribution is 6.05. The Bertz CT molecular complexity index is 737. The zero-order valence-electron chi connectivity index (χ0n) is 12.4. The predicted octanol–water partition coefficient (Wildman–Crippen LogP) is 2.67. The lowest BCUT2D eigenvalue weighted by Crippen LogP contribution is -2.31. The van der Waals surface area contributed by atoms with E-state index in [0.29, 0.717) is 36.3 Å². The molecule has 1 heterocycles. The van der Waals surface area contributed by atoms with Gasteiger partial charge in [-0.15, -0.1) is 0 Å². The van der Waals surface area contributed by atoms with E-state index in [0.717, 1.165) is 0 Å². The van der Waals surface area contributed by atoms with Gasteiger partial charge in [-0.05, 0) is 42.8 Å². The predicted molar refractivity (Wildman–Crippen MR) is 83.1 cm³/mol. The lowest BCUT2D eigenvalue weighted by Gasteiger charge is -2.13. The van der Waals surface area contributed by atoms with Crippen molar-refractivity contribution in [2.24, 2.45) is 0 Å². The summed E-state index contributed by atoms with van der Waals surface area (Å²) in [5, 5.41) is 0. The van der Waals surface area contributed by atoms with Crippen LogP contribution >= 0.6 is 0 Å². The smallest absolute Gasteiger partial charge is 0.343 e. The maximum absolute atomic E-state index is 12.2. The molecule has 0 aliphatic carbocycles. The van der Waals surface area contributed by atoms with E-state index in [2.05, 4.69) is 0 Å². The molecule has 23 heavy (non-hydrogen) atoms. The van der Waals surface area contributed by atoms with Crippen molar-refractivity contribution in [1.82, 2.24) is 4.90 Å². The molecule has 3 rings (SSSR count). The second-order valence-electron chi connectivity index (χ2n) is 5.23. The van der Waals surface area contributed by atoms with Crippen molar-refractivity contribution < 1.29 is 19.1 Å². The fraction of sp³-hybridized carbons (Fsp3) is 0.167. The Morgan fingerprint density at radius 3 is 2.22 bits per heavy atom. The summed E-state index contributed by atoms with van der Waals surface area (Å²) in [4.78, 5) is 37.0. The van der Waals surface area contributed by atoms with Crippen molar-refractivity contribution in [2.75, 3.05) is 6.54 Å².